The molecule has 0 spiro atoms. The van der Waals surface area contributed by atoms with Gasteiger partial charge in [0, 0.05) is 19.6 Å². The van der Waals surface area contributed by atoms with Crippen LogP contribution in [0.5, 0.6) is 0 Å². The minimum atomic E-state index is 0. The number of nitrogens with two attached hydrogens (primary N) is 1. The standard InChI is InChI=1S/C22H33N7.HI/c1-4-17(5-2)16-27-22(25-6-3)26-14-10-13-20-19(15-23)21(24)29(28-20)18-11-8-7-9-12-18;/h7-9,11-12,17H,4-6,10,13-14,16,24H2,1-3H3,(H2,25,26,27);1H. The lowest BCUT2D eigenvalue weighted by atomic mass is 10.0. The average Bonchev–Trinajstić information content (AvgIpc) is 3.07. The van der Waals surface area contributed by atoms with E-state index in [1.807, 2.05) is 30.3 Å². The van der Waals surface area contributed by atoms with Crippen molar-refractivity contribution in [3.63, 3.8) is 0 Å². The summed E-state index contributed by atoms with van der Waals surface area (Å²) in [5.74, 6) is 1.85. The Balaban J connectivity index is 0.00000450. The van der Waals surface area contributed by atoms with E-state index in [1.54, 1.807) is 4.68 Å². The topological polar surface area (TPSA) is 104 Å². The summed E-state index contributed by atoms with van der Waals surface area (Å²) in [6.45, 7) is 8.88. The number of rotatable bonds is 10. The fraction of sp³-hybridized carbons (Fsp3) is 0.500. The van der Waals surface area contributed by atoms with E-state index in [9.17, 15) is 5.26 Å². The number of nitrogens with one attached hydrogen (secondary N) is 2. The number of halogens is 1. The van der Waals surface area contributed by atoms with Crippen molar-refractivity contribution in [2.45, 2.75) is 46.5 Å². The van der Waals surface area contributed by atoms with Gasteiger partial charge >= 0.3 is 0 Å². The number of hydrogen-bond acceptors (Lipinski definition) is 4. The zero-order chi connectivity index (χ0) is 21.1. The molecule has 0 aliphatic rings. The van der Waals surface area contributed by atoms with Gasteiger partial charge < -0.3 is 16.4 Å². The number of aliphatic imine (C=N–C) groups is 1. The summed E-state index contributed by atoms with van der Waals surface area (Å²) < 4.78 is 1.64. The molecule has 2 rings (SSSR count). The van der Waals surface area contributed by atoms with Crippen molar-refractivity contribution in [3.8, 4) is 11.8 Å². The van der Waals surface area contributed by atoms with E-state index in [1.165, 1.54) is 0 Å². The summed E-state index contributed by atoms with van der Waals surface area (Å²) in [4.78, 5) is 4.69. The Labute approximate surface area is 197 Å². The van der Waals surface area contributed by atoms with Crippen molar-refractivity contribution in [1.29, 1.82) is 5.26 Å². The molecule has 2 aromatic rings. The largest absolute Gasteiger partial charge is 0.382 e. The van der Waals surface area contributed by atoms with Gasteiger partial charge in [0.1, 0.15) is 17.5 Å². The second-order valence-corrected chi connectivity index (χ2v) is 7.00. The molecule has 0 atom stereocenters. The molecule has 1 aromatic heterocycles. The third-order valence-corrected chi connectivity index (χ3v) is 5.00. The maximum Gasteiger partial charge on any atom is 0.191 e. The first-order valence-electron chi connectivity index (χ1n) is 10.5. The fourth-order valence-electron chi connectivity index (χ4n) is 3.11. The summed E-state index contributed by atoms with van der Waals surface area (Å²) in [5, 5.41) is 20.8. The van der Waals surface area contributed by atoms with Crippen LogP contribution in [0.4, 0.5) is 5.82 Å². The molecule has 4 N–H and O–H groups in total. The second-order valence-electron chi connectivity index (χ2n) is 7.00. The molecular formula is C22H34IN7. The molecule has 0 bridgehead atoms. The first-order valence-corrected chi connectivity index (χ1v) is 10.5. The molecule has 1 aromatic carbocycles. The maximum atomic E-state index is 9.51. The predicted molar refractivity (Wildman–Crippen MR) is 134 cm³/mol. The van der Waals surface area contributed by atoms with Gasteiger partial charge in [0.15, 0.2) is 5.96 Å². The van der Waals surface area contributed by atoms with Crippen molar-refractivity contribution in [2.24, 2.45) is 10.9 Å². The van der Waals surface area contributed by atoms with Gasteiger partial charge in [-0.05, 0) is 37.8 Å². The van der Waals surface area contributed by atoms with Crippen LogP contribution in [0.1, 0.15) is 51.3 Å². The van der Waals surface area contributed by atoms with Crippen molar-refractivity contribution >= 4 is 35.8 Å². The Bertz CT molecular complexity index is 820. The van der Waals surface area contributed by atoms with Crippen LogP contribution < -0.4 is 16.4 Å². The number of guanidine groups is 1. The van der Waals surface area contributed by atoms with Crippen LogP contribution in [0.3, 0.4) is 0 Å². The molecule has 0 saturated heterocycles. The molecule has 8 heteroatoms. The zero-order valence-electron chi connectivity index (χ0n) is 18.2. The molecule has 0 unspecified atom stereocenters. The molecule has 0 aliphatic heterocycles. The van der Waals surface area contributed by atoms with Crippen LogP contribution >= 0.6 is 24.0 Å². The summed E-state index contributed by atoms with van der Waals surface area (Å²) >= 11 is 0. The minimum Gasteiger partial charge on any atom is -0.382 e. The van der Waals surface area contributed by atoms with Gasteiger partial charge in [-0.3, -0.25) is 4.99 Å². The minimum absolute atomic E-state index is 0. The van der Waals surface area contributed by atoms with E-state index in [4.69, 9.17) is 10.7 Å². The van der Waals surface area contributed by atoms with Gasteiger partial charge in [-0.25, -0.2) is 4.68 Å². The summed E-state index contributed by atoms with van der Waals surface area (Å²) in [6.07, 6.45) is 3.78. The molecule has 0 saturated carbocycles. The monoisotopic (exact) mass is 523 g/mol. The molecule has 164 valence electrons. The highest BCUT2D eigenvalue weighted by molar-refractivity contribution is 14.0. The third kappa shape index (κ3) is 7.20. The molecule has 0 amide bonds. The number of nitriles is 1. The smallest absolute Gasteiger partial charge is 0.191 e. The number of para-hydroxylation sites is 1. The highest BCUT2D eigenvalue weighted by Gasteiger charge is 2.16. The van der Waals surface area contributed by atoms with E-state index in [0.717, 1.165) is 56.2 Å². The first kappa shape index (κ1) is 25.8. The van der Waals surface area contributed by atoms with Gasteiger partial charge in [0.25, 0.3) is 0 Å². The fourth-order valence-corrected chi connectivity index (χ4v) is 3.11. The predicted octanol–water partition coefficient (Wildman–Crippen LogP) is 3.87. The number of nitrogens with zero attached hydrogens (tertiary/aromatic N) is 4. The first-order chi connectivity index (χ1) is 14.1. The Morgan fingerprint density at radius 2 is 1.90 bits per heavy atom. The normalized spacial score (nSPS) is 11.1. The summed E-state index contributed by atoms with van der Waals surface area (Å²) in [7, 11) is 0. The Morgan fingerprint density at radius 1 is 1.20 bits per heavy atom. The van der Waals surface area contributed by atoms with Gasteiger partial charge in [-0.15, -0.1) is 24.0 Å². The molecule has 1 heterocycles. The second kappa shape index (κ2) is 13.9. The number of aromatic nitrogens is 2. The maximum absolute atomic E-state index is 9.51. The molecule has 0 aliphatic carbocycles. The SMILES string of the molecule is CCNC(=NCC(CC)CC)NCCCc1nn(-c2ccccc2)c(N)c1C#N.I. The Hall–Kier alpha value is -2.28. The van der Waals surface area contributed by atoms with E-state index < -0.39 is 0 Å². The number of aryl methyl sites for hydroxylation is 1. The molecule has 0 fully saturated rings. The van der Waals surface area contributed by atoms with E-state index in [0.29, 0.717) is 23.7 Å². The lowest BCUT2D eigenvalue weighted by molar-refractivity contribution is 0.504. The Kier molecular flexibility index (Phi) is 11.9. The Morgan fingerprint density at radius 3 is 2.50 bits per heavy atom. The highest BCUT2D eigenvalue weighted by atomic mass is 127. The lowest BCUT2D eigenvalue weighted by Gasteiger charge is -2.13. The van der Waals surface area contributed by atoms with Gasteiger partial charge in [0.05, 0.1) is 11.4 Å². The van der Waals surface area contributed by atoms with Crippen LogP contribution in [0.25, 0.3) is 5.69 Å². The van der Waals surface area contributed by atoms with Crippen LogP contribution in [0.2, 0.25) is 0 Å². The average molecular weight is 523 g/mol. The molecule has 7 nitrogen and oxygen atoms in total. The number of hydrogen-bond donors (Lipinski definition) is 3. The van der Waals surface area contributed by atoms with E-state index in [2.05, 4.69) is 42.6 Å². The van der Waals surface area contributed by atoms with Crippen molar-refractivity contribution in [1.82, 2.24) is 20.4 Å². The van der Waals surface area contributed by atoms with Gasteiger partial charge in [-0.1, -0.05) is 44.9 Å². The number of nitrogen functional groups attached to an aromatic ring is 1. The quantitative estimate of drug-likeness (QED) is 0.190. The molecular weight excluding hydrogens is 489 g/mol. The summed E-state index contributed by atoms with van der Waals surface area (Å²) in [6, 6.07) is 11.8. The van der Waals surface area contributed by atoms with Crippen LogP contribution in [-0.2, 0) is 6.42 Å². The zero-order valence-corrected chi connectivity index (χ0v) is 20.5. The molecule has 0 radical (unpaired) electrons. The van der Waals surface area contributed by atoms with Crippen molar-refractivity contribution < 1.29 is 0 Å². The van der Waals surface area contributed by atoms with Crippen LogP contribution in [0.15, 0.2) is 35.3 Å². The third-order valence-electron chi connectivity index (χ3n) is 5.00. The van der Waals surface area contributed by atoms with Crippen molar-refractivity contribution in [2.75, 3.05) is 25.4 Å². The van der Waals surface area contributed by atoms with Crippen molar-refractivity contribution in [3.05, 3.63) is 41.6 Å². The lowest BCUT2D eigenvalue weighted by Crippen LogP contribution is -2.38. The van der Waals surface area contributed by atoms with Gasteiger partial charge in [-0.2, -0.15) is 10.4 Å². The van der Waals surface area contributed by atoms with E-state index >= 15 is 0 Å². The molecule has 30 heavy (non-hydrogen) atoms. The van der Waals surface area contributed by atoms with E-state index in [-0.39, 0.29) is 24.0 Å². The van der Waals surface area contributed by atoms with Gasteiger partial charge in [0.2, 0.25) is 0 Å². The highest BCUT2D eigenvalue weighted by Crippen LogP contribution is 2.21. The summed E-state index contributed by atoms with van der Waals surface area (Å²) in [5.41, 5.74) is 8.21. The number of benzene rings is 1. The van der Waals surface area contributed by atoms with Crippen LogP contribution in [0, 0.1) is 17.2 Å². The van der Waals surface area contributed by atoms with Crippen LogP contribution in [-0.4, -0.2) is 35.4 Å². The number of anilines is 1.